The lowest BCUT2D eigenvalue weighted by Crippen LogP contribution is -2.19. The van der Waals surface area contributed by atoms with Crippen LogP contribution in [0.1, 0.15) is 19.9 Å². The molecule has 0 radical (unpaired) electrons. The second-order valence-electron chi connectivity index (χ2n) is 5.62. The molecule has 0 fully saturated rings. The van der Waals surface area contributed by atoms with E-state index in [4.69, 9.17) is 5.73 Å². The number of pyridine rings is 1. The summed E-state index contributed by atoms with van der Waals surface area (Å²) in [7, 11) is 0. The van der Waals surface area contributed by atoms with Gasteiger partial charge in [-0.2, -0.15) is 5.10 Å². The van der Waals surface area contributed by atoms with Crippen molar-refractivity contribution >= 4 is 17.4 Å². The fraction of sp³-hybridized carbons (Fsp3) is 0.267. The summed E-state index contributed by atoms with van der Waals surface area (Å²) in [4.78, 5) is 16.1. The van der Waals surface area contributed by atoms with Gasteiger partial charge in [-0.25, -0.2) is 4.68 Å². The van der Waals surface area contributed by atoms with Gasteiger partial charge in [0, 0.05) is 41.4 Å². The topological polar surface area (TPSA) is 117 Å². The number of carbonyl (C=O) groups is 1. The number of amides is 1. The van der Waals surface area contributed by atoms with E-state index in [2.05, 4.69) is 25.7 Å². The van der Waals surface area contributed by atoms with E-state index in [9.17, 15) is 4.79 Å². The largest absolute Gasteiger partial charge is 0.398 e. The van der Waals surface area contributed by atoms with E-state index in [0.29, 0.717) is 11.5 Å². The molecule has 124 valence electrons. The molecule has 9 heteroatoms. The fourth-order valence-electron chi connectivity index (χ4n) is 2.15. The third kappa shape index (κ3) is 3.40. The lowest BCUT2D eigenvalue weighted by Gasteiger charge is -2.03. The summed E-state index contributed by atoms with van der Waals surface area (Å²) in [5.74, 6) is 0.178. The summed E-state index contributed by atoms with van der Waals surface area (Å²) >= 11 is 0. The summed E-state index contributed by atoms with van der Waals surface area (Å²) in [6, 6.07) is 1.90. The van der Waals surface area contributed by atoms with Crippen LogP contribution in [0.3, 0.4) is 0 Å². The van der Waals surface area contributed by atoms with Crippen LogP contribution >= 0.6 is 0 Å². The molecule has 0 saturated heterocycles. The second-order valence-corrected chi connectivity index (χ2v) is 5.62. The molecule has 3 heterocycles. The van der Waals surface area contributed by atoms with Crippen LogP contribution in [0.2, 0.25) is 0 Å². The van der Waals surface area contributed by atoms with Gasteiger partial charge in [-0.1, -0.05) is 5.21 Å². The van der Waals surface area contributed by atoms with E-state index >= 15 is 0 Å². The summed E-state index contributed by atoms with van der Waals surface area (Å²) in [6.07, 6.45) is 8.38. The van der Waals surface area contributed by atoms with Crippen molar-refractivity contribution in [1.82, 2.24) is 29.8 Å². The van der Waals surface area contributed by atoms with Gasteiger partial charge in [0.25, 0.3) is 0 Å². The van der Waals surface area contributed by atoms with Crippen molar-refractivity contribution in [2.24, 2.45) is 0 Å². The Kier molecular flexibility index (Phi) is 4.23. The summed E-state index contributed by atoms with van der Waals surface area (Å²) in [5.41, 5.74) is 8.11. The highest BCUT2D eigenvalue weighted by Crippen LogP contribution is 2.23. The number of rotatable bonds is 5. The Morgan fingerprint density at radius 3 is 2.88 bits per heavy atom. The molecular formula is C15H18N8O. The van der Waals surface area contributed by atoms with Gasteiger partial charge in [-0.15, -0.1) is 5.10 Å². The van der Waals surface area contributed by atoms with Crippen LogP contribution in [0.25, 0.3) is 11.1 Å². The number of nitrogens with two attached hydrogens (primary N) is 1. The molecule has 3 rings (SSSR count). The normalized spacial score (nSPS) is 11.0. The number of hydrogen-bond acceptors (Lipinski definition) is 6. The highest BCUT2D eigenvalue weighted by molar-refractivity contribution is 5.89. The standard InChI is InChI=1S/C15H18N8O/c1-10(2)23-8-14(20-21-23)19-15(24)9-22-7-11(5-18-22)12-6-17-4-3-13(12)16/h3-8,10H,9H2,1-2H3,(H2,16,17)(H,19,24). The summed E-state index contributed by atoms with van der Waals surface area (Å²) in [5, 5.41) is 14.7. The third-order valence-electron chi connectivity index (χ3n) is 3.41. The zero-order valence-corrected chi connectivity index (χ0v) is 13.4. The van der Waals surface area contributed by atoms with Gasteiger partial charge in [0.2, 0.25) is 5.91 Å². The molecule has 9 nitrogen and oxygen atoms in total. The Hall–Kier alpha value is -3.23. The first-order chi connectivity index (χ1) is 11.5. The van der Waals surface area contributed by atoms with Crippen LogP contribution in [0.15, 0.2) is 37.1 Å². The lowest BCUT2D eigenvalue weighted by atomic mass is 10.1. The zero-order chi connectivity index (χ0) is 17.1. The van der Waals surface area contributed by atoms with Gasteiger partial charge in [0.1, 0.15) is 6.54 Å². The Balaban J connectivity index is 1.66. The summed E-state index contributed by atoms with van der Waals surface area (Å²) < 4.78 is 3.21. The Morgan fingerprint density at radius 2 is 2.17 bits per heavy atom. The molecule has 0 aliphatic carbocycles. The molecule has 3 aromatic heterocycles. The van der Waals surface area contributed by atoms with Crippen LogP contribution in [0, 0.1) is 0 Å². The van der Waals surface area contributed by atoms with E-state index in [1.54, 1.807) is 41.7 Å². The van der Waals surface area contributed by atoms with Gasteiger partial charge >= 0.3 is 0 Å². The van der Waals surface area contributed by atoms with Crippen LogP contribution in [-0.4, -0.2) is 35.7 Å². The fourth-order valence-corrected chi connectivity index (χ4v) is 2.15. The monoisotopic (exact) mass is 326 g/mol. The van der Waals surface area contributed by atoms with E-state index in [1.165, 1.54) is 4.68 Å². The maximum absolute atomic E-state index is 12.1. The molecule has 1 amide bonds. The zero-order valence-electron chi connectivity index (χ0n) is 13.4. The van der Waals surface area contributed by atoms with Crippen LogP contribution in [-0.2, 0) is 11.3 Å². The van der Waals surface area contributed by atoms with Gasteiger partial charge in [0.15, 0.2) is 5.82 Å². The smallest absolute Gasteiger partial charge is 0.247 e. The van der Waals surface area contributed by atoms with Gasteiger partial charge in [-0.05, 0) is 19.9 Å². The van der Waals surface area contributed by atoms with E-state index in [-0.39, 0.29) is 18.5 Å². The minimum absolute atomic E-state index is 0.0642. The van der Waals surface area contributed by atoms with Gasteiger partial charge in [-0.3, -0.25) is 14.5 Å². The molecule has 0 unspecified atom stereocenters. The maximum Gasteiger partial charge on any atom is 0.247 e. The maximum atomic E-state index is 12.1. The van der Waals surface area contributed by atoms with Crippen molar-refractivity contribution in [3.63, 3.8) is 0 Å². The summed E-state index contributed by atoms with van der Waals surface area (Å²) in [6.45, 7) is 4.03. The van der Waals surface area contributed by atoms with Crippen LogP contribution < -0.4 is 11.1 Å². The lowest BCUT2D eigenvalue weighted by molar-refractivity contribution is -0.116. The molecule has 3 N–H and O–H groups in total. The Bertz CT molecular complexity index is 851. The number of anilines is 2. The van der Waals surface area contributed by atoms with Crippen LogP contribution in [0.5, 0.6) is 0 Å². The predicted molar refractivity (Wildman–Crippen MR) is 88.9 cm³/mol. The number of hydrogen-bond donors (Lipinski definition) is 2. The second kappa shape index (κ2) is 6.49. The molecule has 0 aromatic carbocycles. The number of nitrogens with one attached hydrogen (secondary N) is 1. The SMILES string of the molecule is CC(C)n1cc(NC(=O)Cn2cc(-c3cnccc3N)cn2)nn1. The first-order valence-electron chi connectivity index (χ1n) is 7.47. The van der Waals surface area contributed by atoms with Crippen molar-refractivity contribution in [1.29, 1.82) is 0 Å². The van der Waals surface area contributed by atoms with Gasteiger partial charge in [0.05, 0.1) is 12.4 Å². The Labute approximate surface area is 138 Å². The number of nitrogen functional groups attached to an aromatic ring is 1. The molecular weight excluding hydrogens is 308 g/mol. The third-order valence-corrected chi connectivity index (χ3v) is 3.41. The van der Waals surface area contributed by atoms with E-state index < -0.39 is 0 Å². The molecule has 0 aliphatic heterocycles. The van der Waals surface area contributed by atoms with Crippen LogP contribution in [0.4, 0.5) is 11.5 Å². The number of carbonyl (C=O) groups excluding carboxylic acids is 1. The average molecular weight is 326 g/mol. The minimum atomic E-state index is -0.236. The molecule has 0 saturated carbocycles. The first-order valence-corrected chi connectivity index (χ1v) is 7.47. The van der Waals surface area contributed by atoms with Crippen molar-refractivity contribution in [2.75, 3.05) is 11.1 Å². The van der Waals surface area contributed by atoms with Crippen molar-refractivity contribution < 1.29 is 4.79 Å². The van der Waals surface area contributed by atoms with Gasteiger partial charge < -0.3 is 11.1 Å². The molecule has 0 atom stereocenters. The molecule has 24 heavy (non-hydrogen) atoms. The molecule has 0 spiro atoms. The highest BCUT2D eigenvalue weighted by Gasteiger charge is 2.10. The van der Waals surface area contributed by atoms with E-state index in [1.807, 2.05) is 13.8 Å². The Morgan fingerprint density at radius 1 is 1.33 bits per heavy atom. The minimum Gasteiger partial charge on any atom is -0.398 e. The highest BCUT2D eigenvalue weighted by atomic mass is 16.2. The quantitative estimate of drug-likeness (QED) is 0.730. The first kappa shape index (κ1) is 15.7. The molecule has 0 bridgehead atoms. The van der Waals surface area contributed by atoms with Crippen molar-refractivity contribution in [3.8, 4) is 11.1 Å². The van der Waals surface area contributed by atoms with Crippen molar-refractivity contribution in [2.45, 2.75) is 26.4 Å². The van der Waals surface area contributed by atoms with E-state index in [0.717, 1.165) is 11.1 Å². The average Bonchev–Trinajstić information content (AvgIpc) is 3.17. The number of aromatic nitrogens is 6. The predicted octanol–water partition coefficient (Wildman–Crippen LogP) is 1.34. The molecule has 0 aliphatic rings. The van der Waals surface area contributed by atoms with Crippen molar-refractivity contribution in [3.05, 3.63) is 37.1 Å². The molecule has 3 aromatic rings. The number of nitrogens with zero attached hydrogens (tertiary/aromatic N) is 6.